The van der Waals surface area contributed by atoms with Gasteiger partial charge in [0.05, 0.1) is 6.61 Å². The lowest BCUT2D eigenvalue weighted by Gasteiger charge is -2.05. The van der Waals surface area contributed by atoms with Crippen LogP contribution >= 0.6 is 0 Å². The molecule has 0 radical (unpaired) electrons. The van der Waals surface area contributed by atoms with Gasteiger partial charge >= 0.3 is 0 Å². The number of rotatable bonds is 2. The van der Waals surface area contributed by atoms with E-state index < -0.39 is 0 Å². The van der Waals surface area contributed by atoms with Crippen molar-refractivity contribution in [3.63, 3.8) is 0 Å². The minimum atomic E-state index is 0.266. The summed E-state index contributed by atoms with van der Waals surface area (Å²) in [6.07, 6.45) is 1.56. The topological polar surface area (TPSA) is 26.3 Å². The monoisotopic (exact) mass is 176 g/mol. The van der Waals surface area contributed by atoms with Gasteiger partial charge in [-0.25, -0.2) is 0 Å². The van der Waals surface area contributed by atoms with Gasteiger partial charge in [0, 0.05) is 19.1 Å². The van der Waals surface area contributed by atoms with Crippen LogP contribution in [-0.2, 0) is 17.8 Å². The lowest BCUT2D eigenvalue weighted by atomic mass is 10.0. The van der Waals surface area contributed by atoms with Crippen molar-refractivity contribution in [2.75, 3.05) is 7.11 Å². The van der Waals surface area contributed by atoms with Crippen molar-refractivity contribution in [1.29, 1.82) is 0 Å². The number of carbonyl (C=O) groups excluding carboxylic acids is 1. The van der Waals surface area contributed by atoms with Gasteiger partial charge < -0.3 is 4.74 Å². The Morgan fingerprint density at radius 2 is 2.23 bits per heavy atom. The fourth-order valence-corrected chi connectivity index (χ4v) is 1.87. The van der Waals surface area contributed by atoms with Crippen molar-refractivity contribution in [3.8, 4) is 0 Å². The number of hydrogen-bond donors (Lipinski definition) is 0. The molecule has 0 unspecified atom stereocenters. The summed E-state index contributed by atoms with van der Waals surface area (Å²) in [5.41, 5.74) is 3.12. The SMILES string of the molecule is COCc1cccc2c1C(=O)CC2. The first-order valence-corrected chi connectivity index (χ1v) is 4.46. The maximum atomic E-state index is 11.5. The predicted octanol–water partition coefficient (Wildman–Crippen LogP) is 1.96. The highest BCUT2D eigenvalue weighted by atomic mass is 16.5. The van der Waals surface area contributed by atoms with Crippen molar-refractivity contribution in [2.45, 2.75) is 19.4 Å². The summed E-state index contributed by atoms with van der Waals surface area (Å²) < 4.78 is 5.05. The number of aryl methyl sites for hydroxylation is 1. The molecule has 0 atom stereocenters. The molecular formula is C11H12O2. The lowest BCUT2D eigenvalue weighted by molar-refractivity contribution is 0.0990. The number of ketones is 1. The average molecular weight is 176 g/mol. The molecule has 2 rings (SSSR count). The number of ether oxygens (including phenoxy) is 1. The second kappa shape index (κ2) is 3.30. The maximum Gasteiger partial charge on any atom is 0.163 e. The number of Topliss-reactive ketones (excluding diaryl/α,β-unsaturated/α-hetero) is 1. The van der Waals surface area contributed by atoms with Gasteiger partial charge in [0.25, 0.3) is 0 Å². The van der Waals surface area contributed by atoms with Gasteiger partial charge in [-0.05, 0) is 17.5 Å². The summed E-state index contributed by atoms with van der Waals surface area (Å²) in [5.74, 6) is 0.266. The van der Waals surface area contributed by atoms with Crippen LogP contribution in [0, 0.1) is 0 Å². The summed E-state index contributed by atoms with van der Waals surface area (Å²) in [6, 6.07) is 5.98. The molecule has 0 aliphatic heterocycles. The third-order valence-electron chi connectivity index (χ3n) is 2.44. The van der Waals surface area contributed by atoms with Crippen LogP contribution in [0.5, 0.6) is 0 Å². The van der Waals surface area contributed by atoms with Crippen molar-refractivity contribution < 1.29 is 9.53 Å². The van der Waals surface area contributed by atoms with Crippen LogP contribution in [0.4, 0.5) is 0 Å². The van der Waals surface area contributed by atoms with E-state index in [0.717, 1.165) is 17.5 Å². The molecule has 1 aromatic carbocycles. The highest BCUT2D eigenvalue weighted by Gasteiger charge is 2.21. The van der Waals surface area contributed by atoms with Crippen LogP contribution in [0.3, 0.4) is 0 Å². The van der Waals surface area contributed by atoms with E-state index in [9.17, 15) is 4.79 Å². The molecule has 1 aliphatic rings. The Balaban J connectivity index is 2.47. The Morgan fingerprint density at radius 1 is 1.38 bits per heavy atom. The number of hydrogen-bond acceptors (Lipinski definition) is 2. The second-order valence-corrected chi connectivity index (χ2v) is 3.31. The number of benzene rings is 1. The standard InChI is InChI=1S/C11H12O2/c1-13-7-9-4-2-3-8-5-6-10(12)11(8)9/h2-4H,5-7H2,1H3. The van der Waals surface area contributed by atoms with E-state index in [1.807, 2.05) is 18.2 Å². The Kier molecular flexibility index (Phi) is 2.15. The molecule has 1 aliphatic carbocycles. The number of carbonyl (C=O) groups is 1. The first kappa shape index (κ1) is 8.45. The zero-order valence-electron chi connectivity index (χ0n) is 7.67. The van der Waals surface area contributed by atoms with E-state index in [1.165, 1.54) is 5.56 Å². The van der Waals surface area contributed by atoms with E-state index in [-0.39, 0.29) is 5.78 Å². The van der Waals surface area contributed by atoms with Gasteiger partial charge in [-0.3, -0.25) is 4.79 Å². The zero-order chi connectivity index (χ0) is 9.26. The molecule has 0 amide bonds. The molecular weight excluding hydrogens is 164 g/mol. The summed E-state index contributed by atoms with van der Waals surface area (Å²) in [4.78, 5) is 11.5. The summed E-state index contributed by atoms with van der Waals surface area (Å²) in [7, 11) is 1.65. The van der Waals surface area contributed by atoms with Crippen LogP contribution in [0.25, 0.3) is 0 Å². The predicted molar refractivity (Wildman–Crippen MR) is 49.8 cm³/mol. The fraction of sp³-hybridized carbons (Fsp3) is 0.364. The van der Waals surface area contributed by atoms with E-state index in [1.54, 1.807) is 7.11 Å². The minimum absolute atomic E-state index is 0.266. The molecule has 13 heavy (non-hydrogen) atoms. The first-order valence-electron chi connectivity index (χ1n) is 4.46. The molecule has 2 heteroatoms. The Morgan fingerprint density at radius 3 is 3.00 bits per heavy atom. The highest BCUT2D eigenvalue weighted by Crippen LogP contribution is 2.25. The Bertz CT molecular complexity index is 342. The maximum absolute atomic E-state index is 11.5. The van der Waals surface area contributed by atoms with Gasteiger partial charge in [-0.1, -0.05) is 18.2 Å². The van der Waals surface area contributed by atoms with Gasteiger partial charge in [0.1, 0.15) is 0 Å². The van der Waals surface area contributed by atoms with Gasteiger partial charge in [0.2, 0.25) is 0 Å². The van der Waals surface area contributed by atoms with Crippen LogP contribution in [0.1, 0.15) is 27.9 Å². The molecule has 0 saturated heterocycles. The highest BCUT2D eigenvalue weighted by molar-refractivity contribution is 6.01. The fourth-order valence-electron chi connectivity index (χ4n) is 1.87. The van der Waals surface area contributed by atoms with Crippen molar-refractivity contribution in [2.24, 2.45) is 0 Å². The molecule has 0 saturated carbocycles. The van der Waals surface area contributed by atoms with Crippen molar-refractivity contribution in [3.05, 3.63) is 34.9 Å². The van der Waals surface area contributed by atoms with Crippen LogP contribution in [0.15, 0.2) is 18.2 Å². The Hall–Kier alpha value is -1.15. The molecule has 0 fully saturated rings. The molecule has 68 valence electrons. The molecule has 2 nitrogen and oxygen atoms in total. The summed E-state index contributed by atoms with van der Waals surface area (Å²) >= 11 is 0. The van der Waals surface area contributed by atoms with Crippen LogP contribution in [-0.4, -0.2) is 12.9 Å². The van der Waals surface area contributed by atoms with E-state index in [0.29, 0.717) is 13.0 Å². The van der Waals surface area contributed by atoms with E-state index in [2.05, 4.69) is 0 Å². The number of fused-ring (bicyclic) bond motifs is 1. The normalized spacial score (nSPS) is 14.7. The summed E-state index contributed by atoms with van der Waals surface area (Å²) in [6.45, 7) is 0.537. The average Bonchev–Trinajstić information content (AvgIpc) is 2.50. The van der Waals surface area contributed by atoms with Gasteiger partial charge in [0.15, 0.2) is 5.78 Å². The zero-order valence-corrected chi connectivity index (χ0v) is 7.67. The van der Waals surface area contributed by atoms with Crippen LogP contribution in [0.2, 0.25) is 0 Å². The molecule has 0 bridgehead atoms. The summed E-state index contributed by atoms with van der Waals surface area (Å²) in [5, 5.41) is 0. The van der Waals surface area contributed by atoms with Crippen LogP contribution < -0.4 is 0 Å². The third kappa shape index (κ3) is 1.38. The molecule has 1 aromatic rings. The van der Waals surface area contributed by atoms with E-state index >= 15 is 0 Å². The third-order valence-corrected chi connectivity index (χ3v) is 2.44. The van der Waals surface area contributed by atoms with E-state index in [4.69, 9.17) is 4.74 Å². The first-order chi connectivity index (χ1) is 6.33. The molecule has 0 spiro atoms. The molecule has 0 N–H and O–H groups in total. The largest absolute Gasteiger partial charge is 0.380 e. The van der Waals surface area contributed by atoms with Crippen molar-refractivity contribution >= 4 is 5.78 Å². The van der Waals surface area contributed by atoms with Gasteiger partial charge in [-0.2, -0.15) is 0 Å². The lowest BCUT2D eigenvalue weighted by Crippen LogP contribution is -1.99. The Labute approximate surface area is 77.5 Å². The quantitative estimate of drug-likeness (QED) is 0.688. The molecule has 0 aromatic heterocycles. The number of methoxy groups -OCH3 is 1. The smallest absolute Gasteiger partial charge is 0.163 e. The molecule has 0 heterocycles. The minimum Gasteiger partial charge on any atom is -0.380 e. The van der Waals surface area contributed by atoms with Crippen molar-refractivity contribution in [1.82, 2.24) is 0 Å². The van der Waals surface area contributed by atoms with Gasteiger partial charge in [-0.15, -0.1) is 0 Å². The second-order valence-electron chi connectivity index (χ2n) is 3.31.